The highest BCUT2D eigenvalue weighted by atomic mass is 35.5. The van der Waals surface area contributed by atoms with Crippen molar-refractivity contribution in [2.75, 3.05) is 19.7 Å². The van der Waals surface area contributed by atoms with Crippen LogP contribution in [-0.4, -0.2) is 52.1 Å². The van der Waals surface area contributed by atoms with Gasteiger partial charge in [-0.2, -0.15) is 0 Å². The Labute approximate surface area is 170 Å². The van der Waals surface area contributed by atoms with Crippen LogP contribution in [0.4, 0.5) is 0 Å². The number of halogens is 1. The van der Waals surface area contributed by atoms with Gasteiger partial charge in [-0.1, -0.05) is 54.1 Å². The van der Waals surface area contributed by atoms with E-state index in [4.69, 9.17) is 11.6 Å². The molecular formula is C23H25ClN2O2. The third kappa shape index (κ3) is 2.86. The largest absolute Gasteiger partial charge is 0.395 e. The van der Waals surface area contributed by atoms with Crippen molar-refractivity contribution in [2.45, 2.75) is 36.9 Å². The zero-order valence-electron chi connectivity index (χ0n) is 15.8. The van der Waals surface area contributed by atoms with Crippen LogP contribution in [0.2, 0.25) is 5.02 Å². The Bertz CT molecular complexity index is 860. The van der Waals surface area contributed by atoms with Gasteiger partial charge < -0.3 is 10.0 Å². The van der Waals surface area contributed by atoms with Crippen molar-refractivity contribution >= 4 is 17.5 Å². The molecule has 1 saturated carbocycles. The highest BCUT2D eigenvalue weighted by molar-refractivity contribution is 6.30. The molecule has 146 valence electrons. The van der Waals surface area contributed by atoms with Crippen LogP contribution >= 0.6 is 11.6 Å². The van der Waals surface area contributed by atoms with Crippen LogP contribution in [-0.2, 0) is 11.3 Å². The molecule has 5 heteroatoms. The summed E-state index contributed by atoms with van der Waals surface area (Å²) >= 11 is 6.04. The molecule has 0 bridgehead atoms. The minimum Gasteiger partial charge on any atom is -0.395 e. The molecule has 2 aromatic rings. The SMILES string of the molecule is O=C(C1CC1)N1CC2(C1)[C@@H](c1ccccc1)[C@@H](CO)N2Cc1ccc(Cl)cc1. The van der Waals surface area contributed by atoms with Crippen molar-refractivity contribution in [1.29, 1.82) is 0 Å². The smallest absolute Gasteiger partial charge is 0.225 e. The van der Waals surface area contributed by atoms with Crippen molar-refractivity contribution in [1.82, 2.24) is 9.80 Å². The minimum absolute atomic E-state index is 0.0660. The summed E-state index contributed by atoms with van der Waals surface area (Å²) in [5.74, 6) is 0.816. The van der Waals surface area contributed by atoms with E-state index in [1.54, 1.807) is 0 Å². The number of hydrogen-bond donors (Lipinski definition) is 1. The summed E-state index contributed by atoms with van der Waals surface area (Å²) in [5, 5.41) is 10.9. The fourth-order valence-corrected chi connectivity index (χ4v) is 5.29. The lowest BCUT2D eigenvalue weighted by atomic mass is 9.60. The molecule has 1 aliphatic carbocycles. The van der Waals surface area contributed by atoms with E-state index < -0.39 is 0 Å². The van der Waals surface area contributed by atoms with Crippen LogP contribution < -0.4 is 0 Å². The van der Waals surface area contributed by atoms with E-state index in [-0.39, 0.29) is 30.0 Å². The number of likely N-dealkylation sites (tertiary alicyclic amines) is 2. The second-order valence-corrected chi connectivity index (χ2v) is 8.90. The summed E-state index contributed by atoms with van der Waals surface area (Å²) in [5.41, 5.74) is 2.35. The number of benzene rings is 2. The highest BCUT2D eigenvalue weighted by Crippen LogP contribution is 2.55. The fraction of sp³-hybridized carbons (Fsp3) is 0.435. The van der Waals surface area contributed by atoms with Crippen LogP contribution in [0.25, 0.3) is 0 Å². The predicted octanol–water partition coefficient (Wildman–Crippen LogP) is 3.29. The molecule has 2 heterocycles. The third-order valence-corrected chi connectivity index (χ3v) is 6.97. The molecule has 0 aromatic heterocycles. The van der Waals surface area contributed by atoms with Crippen molar-refractivity contribution in [3.8, 4) is 0 Å². The second kappa shape index (κ2) is 6.87. The van der Waals surface area contributed by atoms with E-state index in [0.717, 1.165) is 37.5 Å². The number of carbonyl (C=O) groups excluding carboxylic acids is 1. The lowest BCUT2D eigenvalue weighted by Gasteiger charge is -2.71. The summed E-state index contributed by atoms with van der Waals surface area (Å²) in [4.78, 5) is 17.0. The lowest BCUT2D eigenvalue weighted by molar-refractivity contribution is -0.200. The summed E-state index contributed by atoms with van der Waals surface area (Å²) < 4.78 is 0. The Morgan fingerprint density at radius 2 is 1.75 bits per heavy atom. The first-order valence-electron chi connectivity index (χ1n) is 10.1. The van der Waals surface area contributed by atoms with E-state index in [1.165, 1.54) is 11.1 Å². The number of hydrogen-bond acceptors (Lipinski definition) is 3. The Kier molecular flexibility index (Phi) is 4.46. The molecule has 3 fully saturated rings. The number of aliphatic hydroxyl groups excluding tert-OH is 1. The molecule has 1 amide bonds. The Morgan fingerprint density at radius 1 is 1.07 bits per heavy atom. The van der Waals surface area contributed by atoms with Gasteiger partial charge in [0, 0.05) is 42.5 Å². The predicted molar refractivity (Wildman–Crippen MR) is 109 cm³/mol. The molecule has 1 spiro atoms. The summed E-state index contributed by atoms with van der Waals surface area (Å²) in [6.07, 6.45) is 2.08. The molecule has 0 radical (unpaired) electrons. The summed E-state index contributed by atoms with van der Waals surface area (Å²) in [6.45, 7) is 2.39. The van der Waals surface area contributed by atoms with Crippen LogP contribution in [0.15, 0.2) is 54.6 Å². The summed E-state index contributed by atoms with van der Waals surface area (Å²) in [7, 11) is 0. The topological polar surface area (TPSA) is 43.8 Å². The third-order valence-electron chi connectivity index (χ3n) is 6.72. The second-order valence-electron chi connectivity index (χ2n) is 8.46. The molecule has 1 N–H and O–H groups in total. The average Bonchev–Trinajstić information content (AvgIpc) is 3.51. The van der Waals surface area contributed by atoms with Gasteiger partial charge in [0.1, 0.15) is 0 Å². The van der Waals surface area contributed by atoms with E-state index in [9.17, 15) is 9.90 Å². The Hall–Kier alpha value is -1.88. The molecule has 2 aliphatic heterocycles. The van der Waals surface area contributed by atoms with Crippen LogP contribution in [0.1, 0.15) is 29.9 Å². The molecule has 28 heavy (non-hydrogen) atoms. The van der Waals surface area contributed by atoms with Crippen LogP contribution in [0, 0.1) is 5.92 Å². The van der Waals surface area contributed by atoms with Gasteiger partial charge in [0.2, 0.25) is 5.91 Å². The number of nitrogens with zero attached hydrogens (tertiary/aromatic N) is 2. The molecule has 2 saturated heterocycles. The maximum atomic E-state index is 12.6. The first-order valence-corrected chi connectivity index (χ1v) is 10.5. The Balaban J connectivity index is 1.43. The zero-order valence-corrected chi connectivity index (χ0v) is 16.6. The summed E-state index contributed by atoms with van der Waals surface area (Å²) in [6, 6.07) is 18.4. The first-order chi connectivity index (χ1) is 13.6. The monoisotopic (exact) mass is 396 g/mol. The molecule has 5 rings (SSSR count). The van der Waals surface area contributed by atoms with Gasteiger partial charge in [0.05, 0.1) is 12.1 Å². The van der Waals surface area contributed by atoms with E-state index >= 15 is 0 Å². The fourth-order valence-electron chi connectivity index (χ4n) is 5.16. The van der Waals surface area contributed by atoms with Crippen LogP contribution in [0.3, 0.4) is 0 Å². The molecule has 4 nitrogen and oxygen atoms in total. The normalized spacial score (nSPS) is 26.0. The molecule has 3 aliphatic rings. The van der Waals surface area contributed by atoms with Gasteiger partial charge in [-0.15, -0.1) is 0 Å². The van der Waals surface area contributed by atoms with E-state index in [1.807, 2.05) is 35.2 Å². The van der Waals surface area contributed by atoms with E-state index in [0.29, 0.717) is 5.91 Å². The minimum atomic E-state index is -0.0844. The lowest BCUT2D eigenvalue weighted by Crippen LogP contribution is -2.84. The van der Waals surface area contributed by atoms with Gasteiger partial charge in [0.25, 0.3) is 0 Å². The maximum absolute atomic E-state index is 12.6. The molecule has 0 unspecified atom stereocenters. The van der Waals surface area contributed by atoms with Crippen LogP contribution in [0.5, 0.6) is 0 Å². The standard InChI is InChI=1S/C23H25ClN2O2/c24-19-10-6-16(7-11-19)12-26-20(13-27)21(17-4-2-1-3-5-17)23(26)14-25(15-23)22(28)18-8-9-18/h1-7,10-11,18,20-21,27H,8-9,12-15H2/t20-,21+/m1/s1. The number of amides is 1. The molecule has 2 aromatic carbocycles. The van der Waals surface area contributed by atoms with Crippen molar-refractivity contribution < 1.29 is 9.90 Å². The number of aliphatic hydroxyl groups is 1. The first kappa shape index (κ1) is 18.2. The van der Waals surface area contributed by atoms with Crippen molar-refractivity contribution in [3.05, 3.63) is 70.7 Å². The zero-order chi connectivity index (χ0) is 19.3. The van der Waals surface area contributed by atoms with Gasteiger partial charge in [-0.3, -0.25) is 9.69 Å². The number of rotatable bonds is 5. The van der Waals surface area contributed by atoms with Gasteiger partial charge in [-0.25, -0.2) is 0 Å². The molecule has 2 atom stereocenters. The Morgan fingerprint density at radius 3 is 2.36 bits per heavy atom. The quantitative estimate of drug-likeness (QED) is 0.843. The van der Waals surface area contributed by atoms with Gasteiger partial charge in [-0.05, 0) is 36.1 Å². The van der Waals surface area contributed by atoms with E-state index in [2.05, 4.69) is 29.2 Å². The van der Waals surface area contributed by atoms with Crippen molar-refractivity contribution in [3.63, 3.8) is 0 Å². The number of carbonyl (C=O) groups is 1. The highest BCUT2D eigenvalue weighted by Gasteiger charge is 2.66. The van der Waals surface area contributed by atoms with Gasteiger partial charge in [0.15, 0.2) is 0 Å². The average molecular weight is 397 g/mol. The molecular weight excluding hydrogens is 372 g/mol. The van der Waals surface area contributed by atoms with Crippen molar-refractivity contribution in [2.24, 2.45) is 5.92 Å². The van der Waals surface area contributed by atoms with Gasteiger partial charge >= 0.3 is 0 Å². The maximum Gasteiger partial charge on any atom is 0.225 e.